The molecule has 0 N–H and O–H groups in total. The molecule has 0 unspecified atom stereocenters. The molecule has 138 valence electrons. The van der Waals surface area contributed by atoms with Crippen molar-refractivity contribution in [1.29, 1.82) is 0 Å². The minimum absolute atomic E-state index is 0.791. The van der Waals surface area contributed by atoms with Gasteiger partial charge in [0, 0.05) is 48.6 Å². The predicted molar refractivity (Wildman–Crippen MR) is 111 cm³/mol. The summed E-state index contributed by atoms with van der Waals surface area (Å²) < 4.78 is 4.32. The lowest BCUT2D eigenvalue weighted by molar-refractivity contribution is 0.645. The highest BCUT2D eigenvalue weighted by atomic mass is 32.2. The van der Waals surface area contributed by atoms with Gasteiger partial charge in [0.05, 0.1) is 5.69 Å². The third kappa shape index (κ3) is 3.99. The molecule has 0 aliphatic carbocycles. The normalized spacial score (nSPS) is 11.2. The molecule has 7 heteroatoms. The first kappa shape index (κ1) is 18.0. The number of rotatable bonds is 7. The minimum atomic E-state index is 0.791. The van der Waals surface area contributed by atoms with Gasteiger partial charge in [-0.3, -0.25) is 0 Å². The lowest BCUT2D eigenvalue weighted by atomic mass is 10.2. The fourth-order valence-electron chi connectivity index (χ4n) is 2.94. The van der Waals surface area contributed by atoms with Crippen molar-refractivity contribution in [2.45, 2.75) is 30.8 Å². The topological polar surface area (TPSA) is 48.5 Å². The second kappa shape index (κ2) is 8.10. The van der Waals surface area contributed by atoms with E-state index in [0.717, 1.165) is 40.4 Å². The van der Waals surface area contributed by atoms with Crippen LogP contribution in [-0.4, -0.2) is 24.3 Å². The van der Waals surface area contributed by atoms with Crippen LogP contribution in [-0.2, 0) is 25.8 Å². The molecule has 0 bridgehead atoms. The molecule has 27 heavy (non-hydrogen) atoms. The van der Waals surface area contributed by atoms with E-state index in [4.69, 9.17) is 4.98 Å². The van der Waals surface area contributed by atoms with Gasteiger partial charge in [0.2, 0.25) is 0 Å². The summed E-state index contributed by atoms with van der Waals surface area (Å²) in [7, 11) is 2.06. The Bertz CT molecular complexity index is 1020. The van der Waals surface area contributed by atoms with Crippen LogP contribution >= 0.6 is 23.1 Å². The third-order valence-corrected chi connectivity index (χ3v) is 6.36. The average molecular weight is 396 g/mol. The Balaban J connectivity index is 1.46. The Kier molecular flexibility index (Phi) is 5.40. The maximum atomic E-state index is 4.77. The fraction of sp³-hybridized carbons (Fsp3) is 0.250. The predicted octanol–water partition coefficient (Wildman–Crippen LogP) is 4.64. The minimum Gasteiger partial charge on any atom is -0.354 e. The molecule has 0 aliphatic heterocycles. The first-order valence-corrected chi connectivity index (χ1v) is 10.8. The number of aryl methyl sites for hydroxylation is 1. The van der Waals surface area contributed by atoms with Gasteiger partial charge in [0.15, 0.2) is 5.16 Å². The summed E-state index contributed by atoms with van der Waals surface area (Å²) in [5.74, 6) is 1.80. The molecule has 4 aromatic rings. The number of hydrogen-bond donors (Lipinski definition) is 0. The molecule has 0 fully saturated rings. The summed E-state index contributed by atoms with van der Waals surface area (Å²) >= 11 is 3.38. The van der Waals surface area contributed by atoms with Crippen LogP contribution in [0.5, 0.6) is 0 Å². The summed E-state index contributed by atoms with van der Waals surface area (Å²) in [5.41, 5.74) is 3.49. The van der Waals surface area contributed by atoms with Crippen LogP contribution in [0.1, 0.15) is 24.1 Å². The van der Waals surface area contributed by atoms with Gasteiger partial charge in [0.25, 0.3) is 0 Å². The van der Waals surface area contributed by atoms with Crippen LogP contribution in [0.25, 0.3) is 10.6 Å². The van der Waals surface area contributed by atoms with Crippen molar-refractivity contribution in [3.63, 3.8) is 0 Å². The molecule has 0 radical (unpaired) electrons. The van der Waals surface area contributed by atoms with E-state index in [1.54, 1.807) is 23.1 Å². The molecule has 3 aromatic heterocycles. The monoisotopic (exact) mass is 395 g/mol. The second-order valence-electron chi connectivity index (χ2n) is 6.23. The van der Waals surface area contributed by atoms with E-state index in [0.29, 0.717) is 0 Å². The Morgan fingerprint density at radius 1 is 1.07 bits per heavy atom. The molecule has 0 spiro atoms. The van der Waals surface area contributed by atoms with Crippen molar-refractivity contribution in [1.82, 2.24) is 24.3 Å². The molecule has 3 heterocycles. The number of thioether (sulfide) groups is 1. The van der Waals surface area contributed by atoms with Gasteiger partial charge >= 0.3 is 0 Å². The standard InChI is InChI=1S/C20H21N5S2/c1-3-25-18(12-17-10-7-11-24(17)2)22-23-20(25)27-14-16-13-26-19(21-16)15-8-5-4-6-9-15/h4-11,13H,3,12,14H2,1-2H3. The lowest BCUT2D eigenvalue weighted by Gasteiger charge is -2.07. The van der Waals surface area contributed by atoms with Crippen molar-refractivity contribution in [2.24, 2.45) is 7.05 Å². The third-order valence-electron chi connectivity index (χ3n) is 4.42. The molecule has 4 rings (SSSR count). The fourth-order valence-corrected chi connectivity index (χ4v) is 4.79. The summed E-state index contributed by atoms with van der Waals surface area (Å²) in [4.78, 5) is 4.77. The maximum absolute atomic E-state index is 4.77. The average Bonchev–Trinajstić information content (AvgIpc) is 3.42. The summed E-state index contributed by atoms with van der Waals surface area (Å²) in [5, 5.41) is 13.0. The van der Waals surface area contributed by atoms with E-state index in [1.807, 2.05) is 18.2 Å². The second-order valence-corrected chi connectivity index (χ2v) is 8.03. The zero-order valence-electron chi connectivity index (χ0n) is 15.4. The maximum Gasteiger partial charge on any atom is 0.191 e. The van der Waals surface area contributed by atoms with E-state index in [2.05, 4.69) is 69.1 Å². The van der Waals surface area contributed by atoms with Gasteiger partial charge < -0.3 is 9.13 Å². The largest absolute Gasteiger partial charge is 0.354 e. The highest BCUT2D eigenvalue weighted by Crippen LogP contribution is 2.27. The smallest absolute Gasteiger partial charge is 0.191 e. The van der Waals surface area contributed by atoms with Crippen LogP contribution in [0, 0.1) is 0 Å². The molecule has 0 amide bonds. The van der Waals surface area contributed by atoms with E-state index in [9.17, 15) is 0 Å². The highest BCUT2D eigenvalue weighted by Gasteiger charge is 2.14. The Morgan fingerprint density at radius 2 is 1.93 bits per heavy atom. The van der Waals surface area contributed by atoms with Gasteiger partial charge in [0.1, 0.15) is 10.8 Å². The number of hydrogen-bond acceptors (Lipinski definition) is 5. The van der Waals surface area contributed by atoms with Crippen LogP contribution in [0.3, 0.4) is 0 Å². The number of nitrogens with zero attached hydrogens (tertiary/aromatic N) is 5. The molecule has 0 saturated heterocycles. The SMILES string of the molecule is CCn1c(Cc2cccn2C)nnc1SCc1csc(-c2ccccc2)n1. The highest BCUT2D eigenvalue weighted by molar-refractivity contribution is 7.98. The molecule has 0 aliphatic rings. The van der Waals surface area contributed by atoms with Crippen molar-refractivity contribution >= 4 is 23.1 Å². The van der Waals surface area contributed by atoms with Crippen molar-refractivity contribution in [3.8, 4) is 10.6 Å². The Hall–Kier alpha value is -2.38. The molecule has 5 nitrogen and oxygen atoms in total. The number of benzene rings is 1. The quantitative estimate of drug-likeness (QED) is 0.428. The molecular weight excluding hydrogens is 374 g/mol. The van der Waals surface area contributed by atoms with Gasteiger partial charge in [-0.25, -0.2) is 4.98 Å². The van der Waals surface area contributed by atoms with Crippen molar-refractivity contribution in [2.75, 3.05) is 0 Å². The van der Waals surface area contributed by atoms with E-state index in [1.165, 1.54) is 11.3 Å². The summed E-state index contributed by atoms with van der Waals surface area (Å²) in [6.45, 7) is 3.00. The van der Waals surface area contributed by atoms with Gasteiger partial charge in [-0.15, -0.1) is 21.5 Å². The van der Waals surface area contributed by atoms with Crippen molar-refractivity contribution in [3.05, 3.63) is 71.3 Å². The molecule has 0 saturated carbocycles. The Morgan fingerprint density at radius 3 is 2.67 bits per heavy atom. The van der Waals surface area contributed by atoms with E-state index >= 15 is 0 Å². The van der Waals surface area contributed by atoms with Crippen molar-refractivity contribution < 1.29 is 0 Å². The summed E-state index contributed by atoms with van der Waals surface area (Å²) in [6, 6.07) is 14.5. The van der Waals surface area contributed by atoms with Crippen LogP contribution in [0.15, 0.2) is 59.2 Å². The van der Waals surface area contributed by atoms with Gasteiger partial charge in [-0.05, 0) is 19.1 Å². The van der Waals surface area contributed by atoms with Crippen LogP contribution in [0.2, 0.25) is 0 Å². The van der Waals surface area contributed by atoms with Gasteiger partial charge in [-0.2, -0.15) is 0 Å². The zero-order chi connectivity index (χ0) is 18.6. The Labute approximate surface area is 167 Å². The van der Waals surface area contributed by atoms with Crippen LogP contribution in [0.4, 0.5) is 0 Å². The molecular formula is C20H21N5S2. The lowest BCUT2D eigenvalue weighted by Crippen LogP contribution is -2.06. The zero-order valence-corrected chi connectivity index (χ0v) is 17.0. The van der Waals surface area contributed by atoms with Crippen LogP contribution < -0.4 is 0 Å². The molecule has 0 atom stereocenters. The van der Waals surface area contributed by atoms with E-state index < -0.39 is 0 Å². The number of thiazole rings is 1. The molecule has 1 aromatic carbocycles. The van der Waals surface area contributed by atoms with E-state index in [-0.39, 0.29) is 0 Å². The first-order chi connectivity index (χ1) is 13.2. The number of aromatic nitrogens is 5. The summed E-state index contributed by atoms with van der Waals surface area (Å²) in [6.07, 6.45) is 2.85. The first-order valence-electron chi connectivity index (χ1n) is 8.89. The van der Waals surface area contributed by atoms with Gasteiger partial charge in [-0.1, -0.05) is 42.1 Å².